The number of methoxy groups -OCH3 is 1. The van der Waals surface area contributed by atoms with Gasteiger partial charge in [-0.3, -0.25) is 0 Å². The van der Waals surface area contributed by atoms with Gasteiger partial charge in [0.15, 0.2) is 11.5 Å². The summed E-state index contributed by atoms with van der Waals surface area (Å²) in [5.74, 6) is 1.19. The van der Waals surface area contributed by atoms with E-state index in [1.807, 2.05) is 24.3 Å². The van der Waals surface area contributed by atoms with Crippen molar-refractivity contribution in [2.75, 3.05) is 7.11 Å². The molecule has 0 atom stereocenters. The molecule has 0 radical (unpaired) electrons. The maximum atomic E-state index is 8.89. The third kappa shape index (κ3) is 3.49. The van der Waals surface area contributed by atoms with Gasteiger partial charge in [-0.1, -0.05) is 28.1 Å². The summed E-state index contributed by atoms with van der Waals surface area (Å²) < 4.78 is 11.9. The van der Waals surface area contributed by atoms with E-state index in [0.717, 1.165) is 10.0 Å². The Morgan fingerprint density at radius 1 is 1.16 bits per heavy atom. The Morgan fingerprint density at radius 3 is 2.68 bits per heavy atom. The number of benzene rings is 2. The lowest BCUT2D eigenvalue weighted by atomic mass is 10.2. The van der Waals surface area contributed by atoms with E-state index in [9.17, 15) is 0 Å². The lowest BCUT2D eigenvalue weighted by Gasteiger charge is -2.11. The van der Waals surface area contributed by atoms with Gasteiger partial charge in [-0.2, -0.15) is 5.26 Å². The lowest BCUT2D eigenvalue weighted by molar-refractivity contribution is 0.284. The molecule has 19 heavy (non-hydrogen) atoms. The van der Waals surface area contributed by atoms with Crippen LogP contribution in [0.1, 0.15) is 11.1 Å². The van der Waals surface area contributed by atoms with Crippen molar-refractivity contribution in [3.63, 3.8) is 0 Å². The summed E-state index contributed by atoms with van der Waals surface area (Å²) in [5.41, 5.74) is 1.59. The molecule has 0 aliphatic rings. The molecule has 0 saturated heterocycles. The average molecular weight is 318 g/mol. The first-order chi connectivity index (χ1) is 9.22. The van der Waals surface area contributed by atoms with Gasteiger partial charge < -0.3 is 9.47 Å². The third-order valence-electron chi connectivity index (χ3n) is 2.58. The van der Waals surface area contributed by atoms with Gasteiger partial charge in [-0.15, -0.1) is 0 Å². The molecule has 2 rings (SSSR count). The highest BCUT2D eigenvalue weighted by atomic mass is 79.9. The van der Waals surface area contributed by atoms with Crippen molar-refractivity contribution in [3.8, 4) is 17.6 Å². The maximum Gasteiger partial charge on any atom is 0.162 e. The van der Waals surface area contributed by atoms with Gasteiger partial charge in [0.05, 0.1) is 18.7 Å². The Kier molecular flexibility index (Phi) is 4.43. The summed E-state index contributed by atoms with van der Waals surface area (Å²) in [6.07, 6.45) is 0. The maximum absolute atomic E-state index is 8.89. The number of hydrogen-bond acceptors (Lipinski definition) is 3. The van der Waals surface area contributed by atoms with Crippen LogP contribution in [0.3, 0.4) is 0 Å². The van der Waals surface area contributed by atoms with E-state index in [2.05, 4.69) is 22.0 Å². The monoisotopic (exact) mass is 317 g/mol. The molecule has 4 heteroatoms. The second-order valence-electron chi connectivity index (χ2n) is 3.90. The molecule has 0 aliphatic heterocycles. The van der Waals surface area contributed by atoms with Crippen LogP contribution in [0.2, 0.25) is 0 Å². The molecule has 3 nitrogen and oxygen atoms in total. The number of nitrogens with zero attached hydrogens (tertiary/aromatic N) is 1. The first kappa shape index (κ1) is 13.4. The zero-order valence-electron chi connectivity index (χ0n) is 10.4. The second kappa shape index (κ2) is 6.26. The number of hydrogen-bond donors (Lipinski definition) is 0. The van der Waals surface area contributed by atoms with E-state index in [4.69, 9.17) is 14.7 Å². The predicted octanol–water partition coefficient (Wildman–Crippen LogP) is 3.91. The van der Waals surface area contributed by atoms with Crippen molar-refractivity contribution in [1.29, 1.82) is 5.26 Å². The summed E-state index contributed by atoms with van der Waals surface area (Å²) >= 11 is 3.42. The highest BCUT2D eigenvalue weighted by Gasteiger charge is 2.06. The molecule has 0 amide bonds. The van der Waals surface area contributed by atoms with E-state index < -0.39 is 0 Å². The lowest BCUT2D eigenvalue weighted by Crippen LogP contribution is -1.98. The molecular weight excluding hydrogens is 306 g/mol. The first-order valence-corrected chi connectivity index (χ1v) is 6.47. The van der Waals surface area contributed by atoms with Crippen LogP contribution in [0.5, 0.6) is 11.5 Å². The highest BCUT2D eigenvalue weighted by Crippen LogP contribution is 2.28. The SMILES string of the molecule is COc1ccc(C#N)cc1OCc1cccc(Br)c1. The van der Waals surface area contributed by atoms with Crippen molar-refractivity contribution < 1.29 is 9.47 Å². The summed E-state index contributed by atoms with van der Waals surface area (Å²) in [6, 6.07) is 15.1. The van der Waals surface area contributed by atoms with Crippen molar-refractivity contribution in [1.82, 2.24) is 0 Å². The van der Waals surface area contributed by atoms with Crippen LogP contribution >= 0.6 is 15.9 Å². The van der Waals surface area contributed by atoms with E-state index in [1.54, 1.807) is 25.3 Å². The van der Waals surface area contributed by atoms with E-state index in [0.29, 0.717) is 23.7 Å². The fourth-order valence-electron chi connectivity index (χ4n) is 1.65. The Morgan fingerprint density at radius 2 is 2.00 bits per heavy atom. The zero-order valence-corrected chi connectivity index (χ0v) is 12.0. The molecule has 0 saturated carbocycles. The van der Waals surface area contributed by atoms with Crippen molar-refractivity contribution >= 4 is 15.9 Å². The Labute approximate surface area is 120 Å². The topological polar surface area (TPSA) is 42.2 Å². The van der Waals surface area contributed by atoms with Gasteiger partial charge in [-0.25, -0.2) is 0 Å². The predicted molar refractivity (Wildman–Crippen MR) is 76.2 cm³/mol. The largest absolute Gasteiger partial charge is 0.493 e. The van der Waals surface area contributed by atoms with Gasteiger partial charge in [0.1, 0.15) is 6.61 Å². The number of halogens is 1. The molecule has 2 aromatic carbocycles. The van der Waals surface area contributed by atoms with Gasteiger partial charge in [0, 0.05) is 10.5 Å². The molecule has 0 fully saturated rings. The van der Waals surface area contributed by atoms with Gasteiger partial charge >= 0.3 is 0 Å². The number of ether oxygens (including phenoxy) is 2. The van der Waals surface area contributed by atoms with Crippen LogP contribution < -0.4 is 9.47 Å². The molecule has 0 aliphatic carbocycles. The molecule has 2 aromatic rings. The molecule has 0 aromatic heterocycles. The fraction of sp³-hybridized carbons (Fsp3) is 0.133. The Bertz CT molecular complexity index is 620. The van der Waals surface area contributed by atoms with Crippen LogP contribution in [-0.2, 0) is 6.61 Å². The molecule has 0 unspecified atom stereocenters. The number of nitriles is 1. The van der Waals surface area contributed by atoms with Crippen LogP contribution in [-0.4, -0.2) is 7.11 Å². The molecule has 0 bridgehead atoms. The smallest absolute Gasteiger partial charge is 0.162 e. The summed E-state index contributed by atoms with van der Waals surface area (Å²) in [7, 11) is 1.58. The van der Waals surface area contributed by atoms with Crippen LogP contribution in [0.25, 0.3) is 0 Å². The van der Waals surface area contributed by atoms with Crippen LogP contribution in [0, 0.1) is 11.3 Å². The first-order valence-electron chi connectivity index (χ1n) is 5.68. The minimum atomic E-state index is 0.421. The molecule has 96 valence electrons. The molecule has 0 heterocycles. The van der Waals surface area contributed by atoms with Gasteiger partial charge in [0.2, 0.25) is 0 Å². The van der Waals surface area contributed by atoms with E-state index in [1.165, 1.54) is 0 Å². The van der Waals surface area contributed by atoms with E-state index >= 15 is 0 Å². The van der Waals surface area contributed by atoms with E-state index in [-0.39, 0.29) is 0 Å². The van der Waals surface area contributed by atoms with Crippen LogP contribution in [0.4, 0.5) is 0 Å². The Balaban J connectivity index is 2.16. The summed E-state index contributed by atoms with van der Waals surface area (Å²) in [4.78, 5) is 0. The van der Waals surface area contributed by atoms with Crippen molar-refractivity contribution in [2.45, 2.75) is 6.61 Å². The fourth-order valence-corrected chi connectivity index (χ4v) is 2.09. The average Bonchev–Trinajstić information content (AvgIpc) is 2.45. The molecule has 0 N–H and O–H groups in total. The second-order valence-corrected chi connectivity index (χ2v) is 4.81. The normalized spacial score (nSPS) is 9.74. The zero-order chi connectivity index (χ0) is 13.7. The van der Waals surface area contributed by atoms with Crippen LogP contribution in [0.15, 0.2) is 46.9 Å². The van der Waals surface area contributed by atoms with Crippen molar-refractivity contribution in [2.24, 2.45) is 0 Å². The standard InChI is InChI=1S/C15H12BrNO2/c1-18-14-6-5-11(9-17)8-15(14)19-10-12-3-2-4-13(16)7-12/h2-8H,10H2,1H3. The quantitative estimate of drug-likeness (QED) is 0.858. The molecule has 0 spiro atoms. The number of rotatable bonds is 4. The molecular formula is C15H12BrNO2. The third-order valence-corrected chi connectivity index (χ3v) is 3.07. The summed E-state index contributed by atoms with van der Waals surface area (Å²) in [5, 5.41) is 8.89. The Hall–Kier alpha value is -1.99. The minimum absolute atomic E-state index is 0.421. The van der Waals surface area contributed by atoms with Gasteiger partial charge in [-0.05, 0) is 29.8 Å². The van der Waals surface area contributed by atoms with Gasteiger partial charge in [0.25, 0.3) is 0 Å². The minimum Gasteiger partial charge on any atom is -0.493 e. The summed E-state index contributed by atoms with van der Waals surface area (Å²) in [6.45, 7) is 0.421. The highest BCUT2D eigenvalue weighted by molar-refractivity contribution is 9.10. The van der Waals surface area contributed by atoms with Crippen molar-refractivity contribution in [3.05, 3.63) is 58.1 Å².